The molecular formula is C33H33Cl2N5O3S. The summed E-state index contributed by atoms with van der Waals surface area (Å²) in [5, 5.41) is 1.74. The van der Waals surface area contributed by atoms with Crippen molar-refractivity contribution in [3.8, 4) is 11.5 Å². The minimum Gasteiger partial charge on any atom is -0.493 e. The van der Waals surface area contributed by atoms with Crippen molar-refractivity contribution >= 4 is 52.4 Å². The number of halogens is 2. The van der Waals surface area contributed by atoms with Crippen molar-refractivity contribution in [2.24, 2.45) is 0 Å². The van der Waals surface area contributed by atoms with Gasteiger partial charge in [-0.25, -0.2) is 9.97 Å². The van der Waals surface area contributed by atoms with Crippen LogP contribution in [0.4, 0.5) is 11.5 Å². The lowest BCUT2D eigenvalue weighted by Gasteiger charge is -2.36. The Kier molecular flexibility index (Phi) is 9.35. The van der Waals surface area contributed by atoms with E-state index in [1.165, 1.54) is 22.9 Å². The molecule has 0 atom stereocenters. The van der Waals surface area contributed by atoms with Crippen molar-refractivity contribution in [1.82, 2.24) is 14.9 Å². The van der Waals surface area contributed by atoms with Crippen LogP contribution in [0.5, 0.6) is 11.5 Å². The van der Waals surface area contributed by atoms with Crippen molar-refractivity contribution in [3.63, 3.8) is 0 Å². The van der Waals surface area contributed by atoms with Crippen LogP contribution in [0.3, 0.4) is 0 Å². The van der Waals surface area contributed by atoms with Crippen LogP contribution in [0.15, 0.2) is 71.9 Å². The highest BCUT2D eigenvalue weighted by Crippen LogP contribution is 2.35. The molecule has 2 aliphatic heterocycles. The van der Waals surface area contributed by atoms with E-state index in [4.69, 9.17) is 37.7 Å². The fraction of sp³-hybridized carbons (Fsp3) is 0.303. The van der Waals surface area contributed by atoms with Gasteiger partial charge in [0.15, 0.2) is 16.7 Å². The fourth-order valence-electron chi connectivity index (χ4n) is 5.61. The number of nitrogens with zero attached hydrogens (tertiary/aromatic N) is 5. The van der Waals surface area contributed by atoms with E-state index >= 15 is 0 Å². The van der Waals surface area contributed by atoms with Crippen molar-refractivity contribution in [2.75, 3.05) is 56.7 Å². The number of carbonyl (C=O) groups is 1. The Morgan fingerprint density at radius 2 is 1.57 bits per heavy atom. The monoisotopic (exact) mass is 649 g/mol. The van der Waals surface area contributed by atoms with Gasteiger partial charge in [0, 0.05) is 67.4 Å². The number of hydrogen-bond donors (Lipinski definition) is 0. The summed E-state index contributed by atoms with van der Waals surface area (Å²) < 4.78 is 11.0. The lowest BCUT2D eigenvalue weighted by atomic mass is 9.99. The number of hydrogen-bond acceptors (Lipinski definition) is 8. The molecule has 0 N–H and O–H groups in total. The summed E-state index contributed by atoms with van der Waals surface area (Å²) in [6.07, 6.45) is 0.864. The summed E-state index contributed by atoms with van der Waals surface area (Å²) in [7, 11) is 3.30. The van der Waals surface area contributed by atoms with Crippen LogP contribution in [0, 0.1) is 0 Å². The molecule has 2 aliphatic rings. The number of anilines is 2. The summed E-state index contributed by atoms with van der Waals surface area (Å²) in [5.74, 6) is 2.97. The van der Waals surface area contributed by atoms with Crippen molar-refractivity contribution < 1.29 is 14.3 Å². The number of thioether (sulfide) groups is 1. The van der Waals surface area contributed by atoms with Gasteiger partial charge in [0.2, 0.25) is 0 Å². The second-order valence-electron chi connectivity index (χ2n) is 10.7. The van der Waals surface area contributed by atoms with Gasteiger partial charge in [-0.15, -0.1) is 0 Å². The quantitative estimate of drug-likeness (QED) is 0.120. The van der Waals surface area contributed by atoms with Gasteiger partial charge in [0.1, 0.15) is 11.0 Å². The van der Waals surface area contributed by atoms with Crippen molar-refractivity contribution in [3.05, 3.63) is 99.2 Å². The first kappa shape index (κ1) is 30.4. The van der Waals surface area contributed by atoms with Crippen LogP contribution < -0.4 is 19.3 Å². The van der Waals surface area contributed by atoms with E-state index in [1.54, 1.807) is 14.2 Å². The van der Waals surface area contributed by atoms with Gasteiger partial charge in [0.05, 0.1) is 14.2 Å². The number of piperazine rings is 1. The molecule has 44 heavy (non-hydrogen) atoms. The Bertz CT molecular complexity index is 1650. The first-order chi connectivity index (χ1) is 21.4. The molecule has 0 spiro atoms. The second kappa shape index (κ2) is 13.5. The number of amides is 1. The summed E-state index contributed by atoms with van der Waals surface area (Å²) in [6, 6.07) is 21.6. The molecule has 8 nitrogen and oxygen atoms in total. The van der Waals surface area contributed by atoms with Gasteiger partial charge < -0.3 is 24.2 Å². The molecule has 11 heteroatoms. The summed E-state index contributed by atoms with van der Waals surface area (Å²) >= 11 is 14.1. The molecule has 3 heterocycles. The zero-order valence-electron chi connectivity index (χ0n) is 24.6. The second-order valence-corrected chi connectivity index (χ2v) is 12.5. The highest BCUT2D eigenvalue weighted by atomic mass is 35.5. The molecule has 228 valence electrons. The number of carbonyl (C=O) groups excluding carboxylic acids is 1. The van der Waals surface area contributed by atoms with Gasteiger partial charge in [-0.1, -0.05) is 53.2 Å². The van der Waals surface area contributed by atoms with Crippen LogP contribution >= 0.6 is 35.0 Å². The third kappa shape index (κ3) is 6.85. The first-order valence-electron chi connectivity index (χ1n) is 14.4. The van der Waals surface area contributed by atoms with Gasteiger partial charge in [-0.3, -0.25) is 4.79 Å². The number of aromatic nitrogens is 2. The third-order valence-electron chi connectivity index (χ3n) is 8.01. The van der Waals surface area contributed by atoms with Gasteiger partial charge >= 0.3 is 0 Å². The van der Waals surface area contributed by atoms with E-state index in [0.717, 1.165) is 53.9 Å². The normalized spacial score (nSPS) is 14.8. The highest BCUT2D eigenvalue weighted by Gasteiger charge is 2.23. The van der Waals surface area contributed by atoms with E-state index < -0.39 is 0 Å². The lowest BCUT2D eigenvalue weighted by Crippen LogP contribution is -2.48. The predicted octanol–water partition coefficient (Wildman–Crippen LogP) is 6.62. The number of benzene rings is 3. The maximum Gasteiger partial charge on any atom is 0.253 e. The maximum atomic E-state index is 13.2. The summed E-state index contributed by atoms with van der Waals surface area (Å²) in [5.41, 5.74) is 5.28. The Hall–Kier alpha value is -3.66. The molecule has 1 saturated heterocycles. The molecule has 1 fully saturated rings. The maximum absolute atomic E-state index is 13.2. The number of fused-ring (bicyclic) bond motifs is 1. The average molecular weight is 651 g/mol. The zero-order chi connectivity index (χ0) is 30.6. The van der Waals surface area contributed by atoms with Gasteiger partial charge in [0.25, 0.3) is 5.91 Å². The molecule has 4 aromatic rings. The van der Waals surface area contributed by atoms with Crippen LogP contribution in [0.2, 0.25) is 10.2 Å². The van der Waals surface area contributed by atoms with E-state index in [1.807, 2.05) is 59.5 Å². The zero-order valence-corrected chi connectivity index (χ0v) is 27.0. The Labute approximate surface area is 271 Å². The van der Waals surface area contributed by atoms with E-state index in [0.29, 0.717) is 47.0 Å². The summed E-state index contributed by atoms with van der Waals surface area (Å²) in [6.45, 7) is 4.39. The third-order valence-corrected chi connectivity index (χ3v) is 9.36. The highest BCUT2D eigenvalue weighted by molar-refractivity contribution is 7.98. The predicted molar refractivity (Wildman–Crippen MR) is 177 cm³/mol. The molecule has 0 aliphatic carbocycles. The van der Waals surface area contributed by atoms with Crippen molar-refractivity contribution in [1.29, 1.82) is 0 Å². The summed E-state index contributed by atoms with van der Waals surface area (Å²) in [4.78, 5) is 28.9. The standard InChI is InChI=1S/C33H33Cl2N5O3S/c1-42-28-16-24-10-11-40(20-25(24)17-29(28)43-2)31-19-30(35)36-33(37-31)44-21-22-6-8-23(9-7-22)32(41)39-14-12-38(13-15-39)27-5-3-4-26(34)18-27/h3-9,16-19H,10-15,20-21H2,1-2H3. The minimum absolute atomic E-state index is 0.0527. The molecule has 0 unspecified atom stereocenters. The molecule has 1 amide bonds. The Balaban J connectivity index is 1.05. The van der Waals surface area contributed by atoms with Crippen LogP contribution in [-0.4, -0.2) is 67.7 Å². The topological polar surface area (TPSA) is 71.0 Å². The van der Waals surface area contributed by atoms with Gasteiger partial charge in [-0.2, -0.15) is 0 Å². The first-order valence-corrected chi connectivity index (χ1v) is 16.2. The molecule has 0 radical (unpaired) electrons. The largest absolute Gasteiger partial charge is 0.493 e. The molecule has 0 bridgehead atoms. The van der Waals surface area contributed by atoms with Gasteiger partial charge in [-0.05, 0) is 65.6 Å². The van der Waals surface area contributed by atoms with E-state index in [9.17, 15) is 4.79 Å². The molecular weight excluding hydrogens is 617 g/mol. The number of methoxy groups -OCH3 is 2. The SMILES string of the molecule is COc1cc2c(cc1OC)CN(c1cc(Cl)nc(SCc3ccc(C(=O)N4CCN(c5cccc(Cl)c5)CC4)cc3)n1)CC2. The van der Waals surface area contributed by atoms with Crippen LogP contribution in [0.25, 0.3) is 0 Å². The fourth-order valence-corrected chi connectivity index (χ4v) is 6.83. The Morgan fingerprint density at radius 1 is 0.841 bits per heavy atom. The van der Waals surface area contributed by atoms with E-state index in [2.05, 4.69) is 26.9 Å². The minimum atomic E-state index is 0.0527. The molecule has 0 saturated carbocycles. The number of ether oxygens (including phenoxy) is 2. The molecule has 6 rings (SSSR count). The van der Waals surface area contributed by atoms with Crippen molar-refractivity contribution in [2.45, 2.75) is 23.9 Å². The molecule has 3 aromatic carbocycles. The van der Waals surface area contributed by atoms with Crippen LogP contribution in [0.1, 0.15) is 27.0 Å². The Morgan fingerprint density at radius 3 is 2.27 bits per heavy atom. The van der Waals surface area contributed by atoms with Crippen LogP contribution in [-0.2, 0) is 18.7 Å². The number of rotatable bonds is 8. The molecule has 1 aromatic heterocycles. The smallest absolute Gasteiger partial charge is 0.253 e. The average Bonchev–Trinajstić information content (AvgIpc) is 3.06. The lowest BCUT2D eigenvalue weighted by molar-refractivity contribution is 0.0747. The van der Waals surface area contributed by atoms with E-state index in [-0.39, 0.29) is 5.91 Å².